The van der Waals surface area contributed by atoms with Gasteiger partial charge < -0.3 is 9.84 Å². The first-order valence-electron chi connectivity index (χ1n) is 6.31. The van der Waals surface area contributed by atoms with Crippen LogP contribution in [0.3, 0.4) is 0 Å². The Labute approximate surface area is 124 Å². The number of nitrogens with one attached hydrogen (secondary N) is 1. The summed E-state index contributed by atoms with van der Waals surface area (Å²) in [6.45, 7) is 0.302. The van der Waals surface area contributed by atoms with Crippen molar-refractivity contribution in [1.82, 2.24) is 4.72 Å². The average Bonchev–Trinajstić information content (AvgIpc) is 2.43. The Morgan fingerprint density at radius 1 is 1.40 bits per heavy atom. The number of benzene rings is 1. The van der Waals surface area contributed by atoms with Gasteiger partial charge in [-0.15, -0.1) is 0 Å². The van der Waals surface area contributed by atoms with E-state index in [-0.39, 0.29) is 17.9 Å². The number of hydrogen-bond donors (Lipinski definition) is 2. The number of aliphatic hydroxyl groups excluding tert-OH is 1. The Balaban J connectivity index is 2.92. The SMILES string of the molecule is COc1ccc(S(=O)(=O)NCCCSC)c(CCO)c1. The fraction of sp³-hybridized carbons (Fsp3) is 0.538. The van der Waals surface area contributed by atoms with Crippen molar-refractivity contribution in [2.75, 3.05) is 32.3 Å². The maximum Gasteiger partial charge on any atom is 0.240 e. The maximum atomic E-state index is 12.3. The minimum Gasteiger partial charge on any atom is -0.497 e. The van der Waals surface area contributed by atoms with Crippen LogP contribution in [0, 0.1) is 0 Å². The highest BCUT2D eigenvalue weighted by Gasteiger charge is 2.18. The summed E-state index contributed by atoms with van der Waals surface area (Å²) in [6.07, 6.45) is 3.04. The van der Waals surface area contributed by atoms with E-state index in [4.69, 9.17) is 9.84 Å². The van der Waals surface area contributed by atoms with Crippen molar-refractivity contribution in [3.8, 4) is 5.75 Å². The quantitative estimate of drug-likeness (QED) is 0.670. The lowest BCUT2D eigenvalue weighted by Gasteiger charge is -2.12. The van der Waals surface area contributed by atoms with Crippen LogP contribution in [0.2, 0.25) is 0 Å². The van der Waals surface area contributed by atoms with E-state index in [1.165, 1.54) is 13.2 Å². The van der Waals surface area contributed by atoms with Gasteiger partial charge in [0.05, 0.1) is 12.0 Å². The zero-order valence-electron chi connectivity index (χ0n) is 11.8. The van der Waals surface area contributed by atoms with Crippen LogP contribution < -0.4 is 9.46 Å². The lowest BCUT2D eigenvalue weighted by Crippen LogP contribution is -2.26. The smallest absolute Gasteiger partial charge is 0.240 e. The summed E-state index contributed by atoms with van der Waals surface area (Å²) in [6, 6.07) is 4.77. The first kappa shape index (κ1) is 17.3. The highest BCUT2D eigenvalue weighted by Crippen LogP contribution is 2.22. The number of rotatable bonds is 9. The fourth-order valence-corrected chi connectivity index (χ4v) is 3.52. The molecule has 1 rings (SSSR count). The molecule has 0 aliphatic rings. The summed E-state index contributed by atoms with van der Waals surface area (Å²) in [5, 5.41) is 9.06. The van der Waals surface area contributed by atoms with Crippen molar-refractivity contribution in [3.63, 3.8) is 0 Å². The van der Waals surface area contributed by atoms with Gasteiger partial charge in [-0.25, -0.2) is 13.1 Å². The molecule has 0 saturated carbocycles. The predicted molar refractivity (Wildman–Crippen MR) is 82.0 cm³/mol. The zero-order chi connectivity index (χ0) is 15.0. The summed E-state index contributed by atoms with van der Waals surface area (Å²) in [7, 11) is -2.02. The van der Waals surface area contributed by atoms with Crippen LogP contribution in [0.25, 0.3) is 0 Å². The number of thioether (sulfide) groups is 1. The minimum atomic E-state index is -3.54. The molecule has 0 saturated heterocycles. The van der Waals surface area contributed by atoms with Crippen LogP contribution in [0.4, 0.5) is 0 Å². The molecule has 1 aromatic carbocycles. The molecule has 0 heterocycles. The van der Waals surface area contributed by atoms with Crippen molar-refractivity contribution in [2.24, 2.45) is 0 Å². The second kappa shape index (κ2) is 8.51. The number of sulfonamides is 1. The second-order valence-electron chi connectivity index (χ2n) is 4.19. The van der Waals surface area contributed by atoms with E-state index in [1.54, 1.807) is 23.9 Å². The van der Waals surface area contributed by atoms with Gasteiger partial charge in [-0.05, 0) is 48.6 Å². The highest BCUT2D eigenvalue weighted by molar-refractivity contribution is 7.98. The molecule has 0 aliphatic heterocycles. The summed E-state index contributed by atoms with van der Waals surface area (Å²) < 4.78 is 32.2. The molecule has 0 spiro atoms. The van der Waals surface area contributed by atoms with E-state index >= 15 is 0 Å². The molecule has 20 heavy (non-hydrogen) atoms. The molecular weight excluding hydrogens is 298 g/mol. The fourth-order valence-electron chi connectivity index (χ4n) is 1.76. The minimum absolute atomic E-state index is 0.109. The largest absolute Gasteiger partial charge is 0.497 e. The van der Waals surface area contributed by atoms with Crippen molar-refractivity contribution in [2.45, 2.75) is 17.7 Å². The van der Waals surface area contributed by atoms with Crippen LogP contribution in [0.1, 0.15) is 12.0 Å². The number of aliphatic hydroxyl groups is 1. The normalized spacial score (nSPS) is 11.6. The van der Waals surface area contributed by atoms with E-state index in [9.17, 15) is 8.42 Å². The van der Waals surface area contributed by atoms with Gasteiger partial charge in [0.15, 0.2) is 0 Å². The molecule has 0 atom stereocenters. The van der Waals surface area contributed by atoms with Crippen LogP contribution in [0.5, 0.6) is 5.75 Å². The molecule has 0 radical (unpaired) electrons. The third-order valence-corrected chi connectivity index (χ3v) is 5.01. The average molecular weight is 319 g/mol. The highest BCUT2D eigenvalue weighted by atomic mass is 32.2. The lowest BCUT2D eigenvalue weighted by atomic mass is 10.1. The summed E-state index contributed by atoms with van der Waals surface area (Å²) in [5.74, 6) is 1.49. The molecule has 0 unspecified atom stereocenters. The Bertz CT molecular complexity index is 517. The second-order valence-corrected chi connectivity index (χ2v) is 6.91. The molecule has 0 amide bonds. The summed E-state index contributed by atoms with van der Waals surface area (Å²) >= 11 is 1.68. The van der Waals surface area contributed by atoms with E-state index in [1.807, 2.05) is 6.26 Å². The van der Waals surface area contributed by atoms with Gasteiger partial charge in [0.1, 0.15) is 5.75 Å². The van der Waals surface area contributed by atoms with Crippen molar-refractivity contribution in [1.29, 1.82) is 0 Å². The molecule has 0 bridgehead atoms. The standard InChI is InChI=1S/C13H21NO4S2/c1-18-12-4-5-13(11(10-12)6-8-15)20(16,17)14-7-3-9-19-2/h4-5,10,14-15H,3,6-9H2,1-2H3. The zero-order valence-corrected chi connectivity index (χ0v) is 13.4. The van der Waals surface area contributed by atoms with Crippen molar-refractivity contribution in [3.05, 3.63) is 23.8 Å². The molecule has 0 aliphatic carbocycles. The topological polar surface area (TPSA) is 75.6 Å². The third kappa shape index (κ3) is 4.97. The first-order valence-corrected chi connectivity index (χ1v) is 9.19. The van der Waals surface area contributed by atoms with Gasteiger partial charge >= 0.3 is 0 Å². The number of ether oxygens (including phenoxy) is 1. The van der Waals surface area contributed by atoms with Crippen LogP contribution in [-0.2, 0) is 16.4 Å². The van der Waals surface area contributed by atoms with Gasteiger partial charge in [-0.2, -0.15) is 11.8 Å². The van der Waals surface area contributed by atoms with Gasteiger partial charge in [0, 0.05) is 13.2 Å². The first-order chi connectivity index (χ1) is 9.55. The Morgan fingerprint density at radius 3 is 2.75 bits per heavy atom. The van der Waals surface area contributed by atoms with Crippen LogP contribution in [0.15, 0.2) is 23.1 Å². The van der Waals surface area contributed by atoms with E-state index in [0.717, 1.165) is 12.2 Å². The molecule has 0 fully saturated rings. The molecule has 5 nitrogen and oxygen atoms in total. The van der Waals surface area contributed by atoms with Gasteiger partial charge in [0.2, 0.25) is 10.0 Å². The Kier molecular flexibility index (Phi) is 7.36. The molecule has 0 aromatic heterocycles. The molecule has 1 aromatic rings. The van der Waals surface area contributed by atoms with Gasteiger partial charge in [-0.3, -0.25) is 0 Å². The molecule has 7 heteroatoms. The number of hydrogen-bond acceptors (Lipinski definition) is 5. The van der Waals surface area contributed by atoms with Crippen LogP contribution >= 0.6 is 11.8 Å². The summed E-state index contributed by atoms with van der Waals surface area (Å²) in [4.78, 5) is 0.205. The van der Waals surface area contributed by atoms with Crippen LogP contribution in [-0.4, -0.2) is 45.8 Å². The summed E-state index contributed by atoms with van der Waals surface area (Å²) in [5.41, 5.74) is 0.559. The van der Waals surface area contributed by atoms with E-state index < -0.39 is 10.0 Å². The van der Waals surface area contributed by atoms with E-state index in [2.05, 4.69) is 4.72 Å². The van der Waals surface area contributed by atoms with Crippen molar-refractivity contribution < 1.29 is 18.3 Å². The van der Waals surface area contributed by atoms with Gasteiger partial charge in [0.25, 0.3) is 0 Å². The molecule has 114 valence electrons. The van der Waals surface area contributed by atoms with E-state index in [0.29, 0.717) is 17.9 Å². The Hall–Kier alpha value is -0.760. The number of methoxy groups -OCH3 is 1. The Morgan fingerprint density at radius 2 is 2.15 bits per heavy atom. The third-order valence-electron chi connectivity index (χ3n) is 2.76. The predicted octanol–water partition coefficient (Wildman–Crippen LogP) is 1.26. The lowest BCUT2D eigenvalue weighted by molar-refractivity contribution is 0.298. The van der Waals surface area contributed by atoms with Gasteiger partial charge in [-0.1, -0.05) is 0 Å². The molecular formula is C13H21NO4S2. The van der Waals surface area contributed by atoms with Crippen molar-refractivity contribution >= 4 is 21.8 Å². The maximum absolute atomic E-state index is 12.3. The monoisotopic (exact) mass is 319 g/mol. The molecule has 2 N–H and O–H groups in total.